The summed E-state index contributed by atoms with van der Waals surface area (Å²) in [6.07, 6.45) is 1.95. The number of likely N-dealkylation sites (N-methyl/N-ethyl adjacent to an activating group) is 1. The van der Waals surface area contributed by atoms with Gasteiger partial charge in [0, 0.05) is 30.3 Å². The first kappa shape index (κ1) is 14.9. The van der Waals surface area contributed by atoms with Crippen molar-refractivity contribution in [1.82, 2.24) is 9.80 Å². The predicted molar refractivity (Wildman–Crippen MR) is 80.1 cm³/mol. The second kappa shape index (κ2) is 6.27. The van der Waals surface area contributed by atoms with Gasteiger partial charge in [0.15, 0.2) is 0 Å². The number of hydrogen-bond donors (Lipinski definition) is 1. The van der Waals surface area contributed by atoms with Gasteiger partial charge in [-0.2, -0.15) is 0 Å². The maximum absolute atomic E-state index is 12.8. The standard InChI is InChI=1S/C16H24N2O2/c1-4-13-11-17(3)9-6-10-18(13)16(20)14-7-5-8-15(19)12(14)2/h5,7-8,13,19H,4,6,9-11H2,1-3H3. The fraction of sp³-hybridized carbons (Fsp3) is 0.562. The molecule has 1 aliphatic rings. The van der Waals surface area contributed by atoms with Gasteiger partial charge in [-0.15, -0.1) is 0 Å². The van der Waals surface area contributed by atoms with E-state index in [1.165, 1.54) is 0 Å². The summed E-state index contributed by atoms with van der Waals surface area (Å²) >= 11 is 0. The summed E-state index contributed by atoms with van der Waals surface area (Å²) < 4.78 is 0. The average Bonchev–Trinajstić information content (AvgIpc) is 2.62. The first-order chi connectivity index (χ1) is 9.54. The topological polar surface area (TPSA) is 43.8 Å². The maximum Gasteiger partial charge on any atom is 0.254 e. The Hall–Kier alpha value is -1.55. The lowest BCUT2D eigenvalue weighted by Gasteiger charge is -2.30. The number of hydrogen-bond acceptors (Lipinski definition) is 3. The second-order valence-electron chi connectivity index (χ2n) is 5.63. The molecule has 1 heterocycles. The molecule has 2 rings (SSSR count). The second-order valence-corrected chi connectivity index (χ2v) is 5.63. The molecule has 0 aliphatic carbocycles. The summed E-state index contributed by atoms with van der Waals surface area (Å²) in [4.78, 5) is 17.1. The Balaban J connectivity index is 2.28. The van der Waals surface area contributed by atoms with Crippen molar-refractivity contribution in [2.75, 3.05) is 26.7 Å². The lowest BCUT2D eigenvalue weighted by Crippen LogP contribution is -2.43. The van der Waals surface area contributed by atoms with Gasteiger partial charge in [-0.05, 0) is 45.5 Å². The quantitative estimate of drug-likeness (QED) is 0.901. The van der Waals surface area contributed by atoms with Gasteiger partial charge in [-0.1, -0.05) is 13.0 Å². The Bertz CT molecular complexity index is 487. The molecule has 20 heavy (non-hydrogen) atoms. The Morgan fingerprint density at radius 1 is 1.40 bits per heavy atom. The summed E-state index contributed by atoms with van der Waals surface area (Å²) in [6, 6.07) is 5.41. The van der Waals surface area contributed by atoms with Crippen LogP contribution in [-0.2, 0) is 0 Å². The molecule has 0 aromatic heterocycles. The van der Waals surface area contributed by atoms with Gasteiger partial charge in [-0.25, -0.2) is 0 Å². The third-order valence-electron chi connectivity index (χ3n) is 4.17. The fourth-order valence-electron chi connectivity index (χ4n) is 2.87. The van der Waals surface area contributed by atoms with Crippen LogP contribution in [0.15, 0.2) is 18.2 Å². The van der Waals surface area contributed by atoms with Crippen LogP contribution in [0.25, 0.3) is 0 Å². The number of rotatable bonds is 2. The number of benzene rings is 1. The smallest absolute Gasteiger partial charge is 0.254 e. The van der Waals surface area contributed by atoms with Crippen molar-refractivity contribution in [2.24, 2.45) is 0 Å². The van der Waals surface area contributed by atoms with Crippen LogP contribution < -0.4 is 0 Å². The molecule has 1 aromatic rings. The number of aromatic hydroxyl groups is 1. The Morgan fingerprint density at radius 2 is 2.15 bits per heavy atom. The normalized spacial score (nSPS) is 20.8. The number of nitrogens with zero attached hydrogens (tertiary/aromatic N) is 2. The van der Waals surface area contributed by atoms with E-state index in [1.807, 2.05) is 4.90 Å². The van der Waals surface area contributed by atoms with E-state index >= 15 is 0 Å². The van der Waals surface area contributed by atoms with E-state index in [2.05, 4.69) is 18.9 Å². The molecule has 1 fully saturated rings. The molecular weight excluding hydrogens is 252 g/mol. The summed E-state index contributed by atoms with van der Waals surface area (Å²) in [5.41, 5.74) is 1.29. The zero-order chi connectivity index (χ0) is 14.7. The number of carbonyl (C=O) groups is 1. The lowest BCUT2D eigenvalue weighted by molar-refractivity contribution is 0.0674. The summed E-state index contributed by atoms with van der Waals surface area (Å²) in [6.45, 7) is 6.66. The molecule has 0 spiro atoms. The van der Waals surface area contributed by atoms with Crippen LogP contribution in [0.3, 0.4) is 0 Å². The minimum atomic E-state index is 0.0422. The van der Waals surface area contributed by atoms with Crippen molar-refractivity contribution >= 4 is 5.91 Å². The molecular formula is C16H24N2O2. The van der Waals surface area contributed by atoms with Crippen molar-refractivity contribution in [1.29, 1.82) is 0 Å². The van der Waals surface area contributed by atoms with E-state index in [4.69, 9.17) is 0 Å². The summed E-state index contributed by atoms with van der Waals surface area (Å²) in [5.74, 6) is 0.233. The van der Waals surface area contributed by atoms with Crippen LogP contribution in [0.5, 0.6) is 5.75 Å². The monoisotopic (exact) mass is 276 g/mol. The van der Waals surface area contributed by atoms with Crippen molar-refractivity contribution in [3.05, 3.63) is 29.3 Å². The number of phenols is 1. The first-order valence-electron chi connectivity index (χ1n) is 7.32. The van der Waals surface area contributed by atoms with E-state index in [-0.39, 0.29) is 17.7 Å². The van der Waals surface area contributed by atoms with Crippen LogP contribution in [0.4, 0.5) is 0 Å². The summed E-state index contributed by atoms with van der Waals surface area (Å²) in [5, 5.41) is 9.79. The number of phenolic OH excluding ortho intramolecular Hbond substituents is 1. The molecule has 1 aromatic carbocycles. The van der Waals surface area contributed by atoms with Gasteiger partial charge in [0.25, 0.3) is 5.91 Å². The molecule has 4 heteroatoms. The SMILES string of the molecule is CCC1CN(C)CCCN1C(=O)c1cccc(O)c1C. The molecule has 0 radical (unpaired) electrons. The van der Waals surface area contributed by atoms with E-state index in [0.717, 1.165) is 32.5 Å². The third kappa shape index (κ3) is 2.96. The zero-order valence-electron chi connectivity index (χ0n) is 12.6. The minimum Gasteiger partial charge on any atom is -0.508 e. The third-order valence-corrected chi connectivity index (χ3v) is 4.17. The molecule has 4 nitrogen and oxygen atoms in total. The minimum absolute atomic E-state index is 0.0422. The van der Waals surface area contributed by atoms with Gasteiger partial charge in [0.1, 0.15) is 5.75 Å². The average molecular weight is 276 g/mol. The Morgan fingerprint density at radius 3 is 2.85 bits per heavy atom. The fourth-order valence-corrected chi connectivity index (χ4v) is 2.87. The predicted octanol–water partition coefficient (Wildman–Crippen LogP) is 2.26. The Kier molecular flexibility index (Phi) is 4.65. The van der Waals surface area contributed by atoms with E-state index in [1.54, 1.807) is 25.1 Å². The highest BCUT2D eigenvalue weighted by Gasteiger charge is 2.27. The van der Waals surface area contributed by atoms with Gasteiger partial charge in [0.05, 0.1) is 0 Å². The number of carbonyl (C=O) groups excluding carboxylic acids is 1. The molecule has 1 atom stereocenters. The van der Waals surface area contributed by atoms with Gasteiger partial charge in [-0.3, -0.25) is 4.79 Å². The molecule has 0 bridgehead atoms. The van der Waals surface area contributed by atoms with E-state index in [9.17, 15) is 9.90 Å². The highest BCUT2D eigenvalue weighted by Crippen LogP contribution is 2.23. The van der Waals surface area contributed by atoms with Crippen molar-refractivity contribution in [3.8, 4) is 5.75 Å². The maximum atomic E-state index is 12.8. The first-order valence-corrected chi connectivity index (χ1v) is 7.32. The molecule has 1 saturated heterocycles. The van der Waals surface area contributed by atoms with Gasteiger partial charge >= 0.3 is 0 Å². The molecule has 1 aliphatic heterocycles. The van der Waals surface area contributed by atoms with Crippen molar-refractivity contribution < 1.29 is 9.90 Å². The molecule has 1 unspecified atom stereocenters. The van der Waals surface area contributed by atoms with E-state index in [0.29, 0.717) is 11.1 Å². The van der Waals surface area contributed by atoms with Crippen LogP contribution in [0, 0.1) is 6.92 Å². The summed E-state index contributed by atoms with van der Waals surface area (Å²) in [7, 11) is 2.11. The van der Waals surface area contributed by atoms with Crippen LogP contribution in [0.1, 0.15) is 35.7 Å². The zero-order valence-corrected chi connectivity index (χ0v) is 12.6. The highest BCUT2D eigenvalue weighted by molar-refractivity contribution is 5.96. The van der Waals surface area contributed by atoms with Gasteiger partial charge in [0.2, 0.25) is 0 Å². The Labute approximate surface area is 121 Å². The van der Waals surface area contributed by atoms with E-state index < -0.39 is 0 Å². The highest BCUT2D eigenvalue weighted by atomic mass is 16.3. The molecule has 0 saturated carbocycles. The molecule has 110 valence electrons. The van der Waals surface area contributed by atoms with Crippen molar-refractivity contribution in [2.45, 2.75) is 32.7 Å². The van der Waals surface area contributed by atoms with Crippen molar-refractivity contribution in [3.63, 3.8) is 0 Å². The van der Waals surface area contributed by atoms with Crippen LogP contribution in [-0.4, -0.2) is 53.5 Å². The van der Waals surface area contributed by atoms with Gasteiger partial charge < -0.3 is 14.9 Å². The number of amides is 1. The largest absolute Gasteiger partial charge is 0.508 e. The lowest BCUT2D eigenvalue weighted by atomic mass is 10.0. The molecule has 1 amide bonds. The molecule has 1 N–H and O–H groups in total. The van der Waals surface area contributed by atoms with Crippen LogP contribution >= 0.6 is 0 Å². The van der Waals surface area contributed by atoms with Crippen LogP contribution in [0.2, 0.25) is 0 Å².